The van der Waals surface area contributed by atoms with Gasteiger partial charge >= 0.3 is 0 Å². The molecule has 33 heavy (non-hydrogen) atoms. The number of nitrogens with zero attached hydrogens (tertiary/aromatic N) is 1. The molecule has 0 bridgehead atoms. The Kier molecular flexibility index (Phi) is 6.24. The molecule has 0 aliphatic carbocycles. The molecular weight excluding hydrogens is 419 g/mol. The number of amides is 2. The van der Waals surface area contributed by atoms with Gasteiger partial charge in [-0.3, -0.25) is 9.59 Å². The fourth-order valence-corrected chi connectivity index (χ4v) is 3.91. The third kappa shape index (κ3) is 5.10. The number of carbonyl (C=O) groups excluding carboxylic acids is 2. The fraction of sp³-hybridized carbons (Fsp3) is 0.154. The van der Waals surface area contributed by atoms with Gasteiger partial charge in [0.25, 0.3) is 5.91 Å². The largest absolute Gasteiger partial charge is 0.369 e. The van der Waals surface area contributed by atoms with Crippen LogP contribution in [0.5, 0.6) is 0 Å². The van der Waals surface area contributed by atoms with Crippen molar-refractivity contribution in [2.45, 2.75) is 13.0 Å². The molecule has 1 aliphatic rings. The second-order valence-electron chi connectivity index (χ2n) is 8.30. The lowest BCUT2D eigenvalue weighted by atomic mass is 9.98. The van der Waals surface area contributed by atoms with Crippen LogP contribution >= 0.6 is 0 Å². The molecule has 6 nitrogen and oxygen atoms in total. The third-order valence-corrected chi connectivity index (χ3v) is 5.29. The molecule has 0 spiro atoms. The molecule has 168 valence electrons. The van der Waals surface area contributed by atoms with Crippen molar-refractivity contribution in [3.8, 4) is 0 Å². The van der Waals surface area contributed by atoms with Crippen LogP contribution in [-0.4, -0.2) is 30.8 Å². The van der Waals surface area contributed by atoms with Gasteiger partial charge < -0.3 is 21.3 Å². The van der Waals surface area contributed by atoms with Crippen LogP contribution in [0.4, 0.5) is 15.8 Å². The highest BCUT2D eigenvalue weighted by molar-refractivity contribution is 6.37. The van der Waals surface area contributed by atoms with E-state index in [9.17, 15) is 14.0 Å². The molecule has 3 aromatic rings. The van der Waals surface area contributed by atoms with E-state index < -0.39 is 11.7 Å². The van der Waals surface area contributed by atoms with Gasteiger partial charge in [0.05, 0.1) is 23.4 Å². The van der Waals surface area contributed by atoms with E-state index in [0.717, 1.165) is 23.4 Å². The molecule has 0 atom stereocenters. The van der Waals surface area contributed by atoms with Crippen LogP contribution in [0.2, 0.25) is 0 Å². The topological polar surface area (TPSA) is 87.5 Å². The van der Waals surface area contributed by atoms with Crippen LogP contribution in [0.25, 0.3) is 11.3 Å². The summed E-state index contributed by atoms with van der Waals surface area (Å²) in [6.07, 6.45) is 0.0870. The van der Waals surface area contributed by atoms with Crippen molar-refractivity contribution in [2.24, 2.45) is 5.73 Å². The number of anilines is 2. The average molecular weight is 445 g/mol. The van der Waals surface area contributed by atoms with E-state index in [1.54, 1.807) is 6.07 Å². The zero-order chi connectivity index (χ0) is 23.5. The van der Waals surface area contributed by atoms with Crippen LogP contribution in [0.3, 0.4) is 0 Å². The highest BCUT2D eigenvalue weighted by Crippen LogP contribution is 2.38. The molecule has 4 rings (SSSR count). The summed E-state index contributed by atoms with van der Waals surface area (Å²) in [5, 5.41) is 6.12. The molecule has 0 unspecified atom stereocenters. The fourth-order valence-electron chi connectivity index (χ4n) is 3.91. The zero-order valence-electron chi connectivity index (χ0n) is 18.5. The molecule has 0 saturated carbocycles. The van der Waals surface area contributed by atoms with Gasteiger partial charge in [0.1, 0.15) is 5.82 Å². The number of nitrogens with two attached hydrogens (primary N) is 1. The predicted octanol–water partition coefficient (Wildman–Crippen LogP) is 3.85. The van der Waals surface area contributed by atoms with Crippen molar-refractivity contribution in [1.29, 1.82) is 0 Å². The van der Waals surface area contributed by atoms with Gasteiger partial charge in [0, 0.05) is 17.8 Å². The molecule has 3 aromatic carbocycles. The minimum atomic E-state index is -0.440. The normalized spacial score (nSPS) is 14.1. The third-order valence-electron chi connectivity index (χ3n) is 5.29. The Morgan fingerprint density at radius 3 is 2.48 bits per heavy atom. The first-order valence-corrected chi connectivity index (χ1v) is 10.5. The summed E-state index contributed by atoms with van der Waals surface area (Å²) in [4.78, 5) is 26.5. The molecule has 0 fully saturated rings. The van der Waals surface area contributed by atoms with Gasteiger partial charge in [-0.25, -0.2) is 4.39 Å². The van der Waals surface area contributed by atoms with E-state index in [1.165, 1.54) is 12.1 Å². The number of fused-ring (bicyclic) bond motifs is 1. The second kappa shape index (κ2) is 9.26. The van der Waals surface area contributed by atoms with E-state index in [0.29, 0.717) is 28.1 Å². The first-order valence-electron chi connectivity index (χ1n) is 10.5. The molecule has 7 heteroatoms. The quantitative estimate of drug-likeness (QED) is 0.483. The summed E-state index contributed by atoms with van der Waals surface area (Å²) in [5.74, 6) is -1.20. The Hall–Kier alpha value is -3.97. The minimum Gasteiger partial charge on any atom is -0.369 e. The minimum absolute atomic E-state index is 0.0870. The van der Waals surface area contributed by atoms with E-state index in [2.05, 4.69) is 15.5 Å². The van der Waals surface area contributed by atoms with Gasteiger partial charge in [-0.05, 0) is 67.2 Å². The summed E-state index contributed by atoms with van der Waals surface area (Å²) in [7, 11) is 4.01. The van der Waals surface area contributed by atoms with Crippen molar-refractivity contribution in [3.63, 3.8) is 0 Å². The zero-order valence-corrected chi connectivity index (χ0v) is 18.5. The van der Waals surface area contributed by atoms with Crippen LogP contribution in [0, 0.1) is 5.82 Å². The van der Waals surface area contributed by atoms with Gasteiger partial charge in [-0.2, -0.15) is 0 Å². The number of hydrogen-bond acceptors (Lipinski definition) is 4. The highest BCUT2D eigenvalue weighted by atomic mass is 19.1. The molecule has 2 amide bonds. The molecule has 1 heterocycles. The Morgan fingerprint density at radius 1 is 1.03 bits per heavy atom. The lowest BCUT2D eigenvalue weighted by molar-refractivity contribution is -0.117. The molecule has 1 aliphatic heterocycles. The van der Waals surface area contributed by atoms with Gasteiger partial charge in [-0.1, -0.05) is 30.3 Å². The number of halogens is 1. The van der Waals surface area contributed by atoms with Crippen molar-refractivity contribution < 1.29 is 14.0 Å². The summed E-state index contributed by atoms with van der Waals surface area (Å²) in [6, 6.07) is 19.5. The second-order valence-corrected chi connectivity index (χ2v) is 8.30. The summed E-state index contributed by atoms with van der Waals surface area (Å²) >= 11 is 0. The lowest BCUT2D eigenvalue weighted by Crippen LogP contribution is -2.14. The Balaban J connectivity index is 1.81. The smallest absolute Gasteiger partial charge is 0.258 e. The van der Waals surface area contributed by atoms with E-state index in [4.69, 9.17) is 5.73 Å². The number of primary amides is 1. The maximum absolute atomic E-state index is 13.8. The molecule has 4 N–H and O–H groups in total. The Labute approximate surface area is 191 Å². The maximum Gasteiger partial charge on any atom is 0.258 e. The summed E-state index contributed by atoms with van der Waals surface area (Å²) < 4.78 is 13.8. The van der Waals surface area contributed by atoms with Crippen molar-refractivity contribution >= 4 is 34.5 Å². The van der Waals surface area contributed by atoms with Crippen LogP contribution in [0.1, 0.15) is 22.3 Å². The van der Waals surface area contributed by atoms with Gasteiger partial charge in [0.2, 0.25) is 5.91 Å². The monoisotopic (exact) mass is 444 g/mol. The Morgan fingerprint density at radius 2 is 1.79 bits per heavy atom. The Bertz CT molecular complexity index is 1250. The molecule has 0 saturated heterocycles. The van der Waals surface area contributed by atoms with E-state index in [1.807, 2.05) is 62.6 Å². The number of carbonyl (C=O) groups is 2. The van der Waals surface area contributed by atoms with Gasteiger partial charge in [0.15, 0.2) is 0 Å². The van der Waals surface area contributed by atoms with Crippen molar-refractivity contribution in [3.05, 3.63) is 94.8 Å². The van der Waals surface area contributed by atoms with Crippen LogP contribution < -0.4 is 16.4 Å². The summed E-state index contributed by atoms with van der Waals surface area (Å²) in [6.45, 7) is 0.810. The maximum atomic E-state index is 13.8. The first kappa shape index (κ1) is 22.2. The number of rotatable bonds is 7. The number of benzene rings is 3. The molecule has 0 aromatic heterocycles. The number of hydrogen-bond donors (Lipinski definition) is 3. The molecule has 0 radical (unpaired) electrons. The van der Waals surface area contributed by atoms with Crippen molar-refractivity contribution in [2.75, 3.05) is 24.7 Å². The number of nitrogens with one attached hydrogen (secondary N) is 2. The standard InChI is InChI=1S/C26H25FN4O2/c1-31(2)15-16-6-9-20(10-7-16)29-25(18-5-3-4-17(12-18)13-23(28)32)24-21-11-8-19(27)14-22(21)30-26(24)33/h3-12,14,29H,13,15H2,1-2H3,(H2,28,32)(H,30,33). The van der Waals surface area contributed by atoms with Crippen LogP contribution in [0.15, 0.2) is 66.7 Å². The van der Waals surface area contributed by atoms with Gasteiger partial charge in [-0.15, -0.1) is 0 Å². The summed E-state index contributed by atoms with van der Waals surface area (Å²) in [5.41, 5.74) is 10.8. The SMILES string of the molecule is CN(C)Cc1ccc(NC(=C2C(=O)Nc3cc(F)ccc32)c2cccc(CC(N)=O)c2)cc1. The van der Waals surface area contributed by atoms with Crippen molar-refractivity contribution in [1.82, 2.24) is 4.90 Å². The van der Waals surface area contributed by atoms with Crippen LogP contribution in [-0.2, 0) is 22.6 Å². The first-order chi connectivity index (χ1) is 15.8. The molecular formula is C26H25FN4O2. The highest BCUT2D eigenvalue weighted by Gasteiger charge is 2.29. The van der Waals surface area contributed by atoms with E-state index in [-0.39, 0.29) is 12.3 Å². The predicted molar refractivity (Wildman–Crippen MR) is 129 cm³/mol. The average Bonchev–Trinajstić information content (AvgIpc) is 3.07. The lowest BCUT2D eigenvalue weighted by Gasteiger charge is -2.16. The van der Waals surface area contributed by atoms with E-state index >= 15 is 0 Å².